The van der Waals surface area contributed by atoms with E-state index in [9.17, 15) is 45.9 Å². The monoisotopic (exact) mass is 632 g/mol. The second kappa shape index (κ2) is 15.1. The number of ether oxygens (including phenoxy) is 4. The molecule has 2 aliphatic rings. The number of hydrogen-bond acceptors (Lipinski definition) is 14. The Morgan fingerprint density at radius 1 is 0.889 bits per heavy atom. The number of anilines is 1. The van der Waals surface area contributed by atoms with Crippen molar-refractivity contribution in [3.8, 4) is 17.6 Å². The summed E-state index contributed by atoms with van der Waals surface area (Å²) in [7, 11) is 3.86. The zero-order valence-electron chi connectivity index (χ0n) is 24.4. The van der Waals surface area contributed by atoms with Crippen LogP contribution in [0.25, 0.3) is 6.08 Å². The molecule has 2 saturated heterocycles. The molecule has 2 aromatic rings. The van der Waals surface area contributed by atoms with Gasteiger partial charge in [-0.15, -0.1) is 0 Å². The molecule has 0 radical (unpaired) electrons. The van der Waals surface area contributed by atoms with Crippen molar-refractivity contribution in [3.63, 3.8) is 0 Å². The second-order valence-corrected chi connectivity index (χ2v) is 10.7. The largest absolute Gasteiger partial charge is 0.455 e. The maximum Gasteiger partial charge on any atom is 0.311 e. The highest BCUT2D eigenvalue weighted by atomic mass is 16.7. The molecule has 2 aliphatic heterocycles. The van der Waals surface area contributed by atoms with Crippen molar-refractivity contribution in [2.75, 3.05) is 32.2 Å². The van der Waals surface area contributed by atoms with Crippen molar-refractivity contribution in [2.45, 2.75) is 61.4 Å². The summed E-state index contributed by atoms with van der Waals surface area (Å²) in [5.74, 6) is 5.56. The SMILES string of the molecule is CN(C)c1ccc(C#C/C=C/c2ccc([N+](=O)[O-])c(O[C@@H]3O[C@H](CO[C@H]4O[C@H](CO)[C@@H](O)[C@H](O)[C@H]4O)[C@@H](O)[C@H](O)[C@H]3O)c2)cc1. The van der Waals surface area contributed by atoms with Crippen LogP contribution in [0.2, 0.25) is 0 Å². The molecule has 0 unspecified atom stereocenters. The molecule has 2 heterocycles. The van der Waals surface area contributed by atoms with E-state index in [1.807, 2.05) is 43.3 Å². The van der Waals surface area contributed by atoms with Crippen LogP contribution in [0.3, 0.4) is 0 Å². The van der Waals surface area contributed by atoms with Crippen molar-refractivity contribution >= 4 is 17.5 Å². The topological polar surface area (TPSA) is 225 Å². The number of hydrogen-bond donors (Lipinski definition) is 7. The van der Waals surface area contributed by atoms with Gasteiger partial charge in [0.05, 0.1) is 18.1 Å². The summed E-state index contributed by atoms with van der Waals surface area (Å²) >= 11 is 0. The van der Waals surface area contributed by atoms with Crippen LogP contribution in [-0.4, -0.2) is 129 Å². The number of nitro benzene ring substituents is 1. The number of nitrogens with zero attached hydrogens (tertiary/aromatic N) is 2. The molecule has 10 atom stereocenters. The molecular formula is C30H36N2O13. The highest BCUT2D eigenvalue weighted by molar-refractivity contribution is 5.60. The van der Waals surface area contributed by atoms with Crippen molar-refractivity contribution in [1.82, 2.24) is 0 Å². The molecule has 7 N–H and O–H groups in total. The Bertz CT molecular complexity index is 1390. The predicted octanol–water partition coefficient (Wildman–Crippen LogP) is -1.27. The molecule has 2 aromatic carbocycles. The zero-order chi connectivity index (χ0) is 32.8. The van der Waals surface area contributed by atoms with E-state index in [2.05, 4.69) is 11.8 Å². The third-order valence-corrected chi connectivity index (χ3v) is 7.32. The number of nitro groups is 1. The molecule has 0 spiro atoms. The first-order valence-electron chi connectivity index (χ1n) is 13.9. The smallest absolute Gasteiger partial charge is 0.311 e. The summed E-state index contributed by atoms with van der Waals surface area (Å²) in [5, 5.41) is 82.6. The van der Waals surface area contributed by atoms with Crippen LogP contribution in [0.15, 0.2) is 48.5 Å². The summed E-state index contributed by atoms with van der Waals surface area (Å²) < 4.78 is 21.9. The van der Waals surface area contributed by atoms with E-state index in [4.69, 9.17) is 18.9 Å². The highest BCUT2D eigenvalue weighted by Gasteiger charge is 2.48. The van der Waals surface area contributed by atoms with E-state index in [0.717, 1.165) is 11.3 Å². The second-order valence-electron chi connectivity index (χ2n) is 10.7. The molecule has 2 fully saturated rings. The van der Waals surface area contributed by atoms with Gasteiger partial charge in [0.2, 0.25) is 12.0 Å². The minimum atomic E-state index is -1.84. The van der Waals surface area contributed by atoms with Crippen molar-refractivity contribution in [3.05, 3.63) is 69.8 Å². The standard InChI is InChI=1S/C30H36N2O13/c1-31(2)18-10-7-16(8-11-18)5-3-4-6-17-9-12-19(32(40)41)20(13-17)43-30-28(39)26(37)24(35)22(45-30)15-42-29-27(38)25(36)23(34)21(14-33)44-29/h4,6-13,21-30,33-39H,14-15H2,1-2H3/b6-4+/t21-,22-,23-,24-,25+,26+,27-,28-,29+,30-/m1/s1. The van der Waals surface area contributed by atoms with Gasteiger partial charge in [0.1, 0.15) is 48.8 Å². The molecule has 244 valence electrons. The Kier molecular flexibility index (Phi) is 11.5. The zero-order valence-corrected chi connectivity index (χ0v) is 24.4. The normalized spacial score (nSPS) is 31.7. The van der Waals surface area contributed by atoms with Gasteiger partial charge in [-0.3, -0.25) is 10.1 Å². The first-order valence-corrected chi connectivity index (χ1v) is 13.9. The number of aliphatic hydroxyl groups is 7. The van der Waals surface area contributed by atoms with Gasteiger partial charge in [-0.2, -0.15) is 0 Å². The van der Waals surface area contributed by atoms with Gasteiger partial charge >= 0.3 is 5.69 Å². The van der Waals surface area contributed by atoms with E-state index >= 15 is 0 Å². The Labute approximate surface area is 258 Å². The Hall–Kier alpha value is -3.66. The Balaban J connectivity index is 1.46. The molecule has 0 saturated carbocycles. The van der Waals surface area contributed by atoms with Crippen LogP contribution in [0.4, 0.5) is 11.4 Å². The van der Waals surface area contributed by atoms with E-state index in [1.54, 1.807) is 12.2 Å². The Morgan fingerprint density at radius 3 is 2.13 bits per heavy atom. The maximum absolute atomic E-state index is 11.7. The van der Waals surface area contributed by atoms with Crippen molar-refractivity contribution in [2.24, 2.45) is 0 Å². The Morgan fingerprint density at radius 2 is 1.51 bits per heavy atom. The molecule has 15 nitrogen and oxygen atoms in total. The lowest BCUT2D eigenvalue weighted by molar-refractivity contribution is -0.387. The van der Waals surface area contributed by atoms with Crippen molar-refractivity contribution in [1.29, 1.82) is 0 Å². The van der Waals surface area contributed by atoms with Gasteiger partial charge in [-0.1, -0.05) is 11.8 Å². The number of aliphatic hydroxyl groups excluding tert-OH is 7. The number of allylic oxidation sites excluding steroid dienone is 1. The van der Waals surface area contributed by atoms with Gasteiger partial charge in [-0.05, 0) is 54.1 Å². The fourth-order valence-electron chi connectivity index (χ4n) is 4.66. The minimum absolute atomic E-state index is 0.310. The van der Waals surface area contributed by atoms with Gasteiger partial charge in [0.25, 0.3) is 0 Å². The fraction of sp³-hybridized carbons (Fsp3) is 0.467. The molecular weight excluding hydrogens is 596 g/mol. The average Bonchev–Trinajstić information content (AvgIpc) is 3.02. The lowest BCUT2D eigenvalue weighted by Gasteiger charge is -2.42. The van der Waals surface area contributed by atoms with Crippen LogP contribution < -0.4 is 9.64 Å². The number of benzene rings is 2. The lowest BCUT2D eigenvalue weighted by atomic mass is 9.98. The van der Waals surface area contributed by atoms with Crippen LogP contribution in [-0.2, 0) is 14.2 Å². The summed E-state index contributed by atoms with van der Waals surface area (Å²) in [5.41, 5.74) is 1.80. The van der Waals surface area contributed by atoms with Crippen LogP contribution >= 0.6 is 0 Å². The van der Waals surface area contributed by atoms with E-state index in [1.165, 1.54) is 18.2 Å². The molecule has 0 bridgehead atoms. The molecule has 0 aromatic heterocycles. The quantitative estimate of drug-likeness (QED) is 0.0973. The highest BCUT2D eigenvalue weighted by Crippen LogP contribution is 2.33. The van der Waals surface area contributed by atoms with E-state index in [0.29, 0.717) is 5.56 Å². The average molecular weight is 633 g/mol. The summed E-state index contributed by atoms with van der Waals surface area (Å²) in [6, 6.07) is 11.6. The lowest BCUT2D eigenvalue weighted by Crippen LogP contribution is -2.62. The molecule has 0 aliphatic carbocycles. The first-order chi connectivity index (χ1) is 21.4. The molecule has 4 rings (SSSR count). The molecule has 0 amide bonds. The predicted molar refractivity (Wildman–Crippen MR) is 157 cm³/mol. The molecule has 15 heteroatoms. The third kappa shape index (κ3) is 8.14. The van der Waals surface area contributed by atoms with Gasteiger partial charge in [0, 0.05) is 31.4 Å². The van der Waals surface area contributed by atoms with Crippen LogP contribution in [0.1, 0.15) is 11.1 Å². The fourth-order valence-corrected chi connectivity index (χ4v) is 4.66. The van der Waals surface area contributed by atoms with E-state index in [-0.39, 0.29) is 5.75 Å². The van der Waals surface area contributed by atoms with Crippen molar-refractivity contribution < 1.29 is 59.6 Å². The molecule has 45 heavy (non-hydrogen) atoms. The summed E-state index contributed by atoms with van der Waals surface area (Å²) in [6.45, 7) is -1.28. The first kappa shape index (κ1) is 34.2. The number of rotatable bonds is 9. The van der Waals surface area contributed by atoms with E-state index < -0.39 is 85.2 Å². The summed E-state index contributed by atoms with van der Waals surface area (Å²) in [4.78, 5) is 13.0. The van der Waals surface area contributed by atoms with Gasteiger partial charge in [0.15, 0.2) is 6.29 Å². The minimum Gasteiger partial charge on any atom is -0.455 e. The van der Waals surface area contributed by atoms with Crippen LogP contribution in [0, 0.1) is 22.0 Å². The summed E-state index contributed by atoms with van der Waals surface area (Å²) in [6.07, 6.45) is -13.3. The van der Waals surface area contributed by atoms with Gasteiger partial charge < -0.3 is 59.6 Å². The van der Waals surface area contributed by atoms with Crippen LogP contribution in [0.5, 0.6) is 5.75 Å². The van der Waals surface area contributed by atoms with Gasteiger partial charge in [-0.25, -0.2) is 0 Å². The third-order valence-electron chi connectivity index (χ3n) is 7.32. The maximum atomic E-state index is 11.7.